The van der Waals surface area contributed by atoms with Gasteiger partial charge >= 0.3 is 0 Å². The molecular weight excluding hydrogens is 616 g/mol. The van der Waals surface area contributed by atoms with E-state index in [4.69, 9.17) is 4.74 Å². The predicted octanol–water partition coefficient (Wildman–Crippen LogP) is 6.88. The Morgan fingerprint density at radius 1 is 0.830 bits per heavy atom. The number of hydrogen-bond donors (Lipinski definition) is 0. The Balaban J connectivity index is 1.16. The molecule has 0 aromatic heterocycles. The van der Waals surface area contributed by atoms with Crippen LogP contribution >= 0.6 is 0 Å². The van der Waals surface area contributed by atoms with Crippen LogP contribution in [0.25, 0.3) is 0 Å². The summed E-state index contributed by atoms with van der Waals surface area (Å²) in [6, 6.07) is 26.3. The third-order valence-corrected chi connectivity index (χ3v) is 11.0. The molecule has 4 aromatic rings. The summed E-state index contributed by atoms with van der Waals surface area (Å²) in [5, 5.41) is -0.606. The SMILES string of the molecule is COc1cc(C(C)C)ccc(C2N(CCCN3CCN(C(c4ccc(F)cc4)c4ccc(F)cc4)CC3)c3ccccc3[S+]2[O-])c1=O. The molecule has 2 heterocycles. The first-order valence-electron chi connectivity index (χ1n) is 16.2. The minimum atomic E-state index is -1.43. The summed E-state index contributed by atoms with van der Waals surface area (Å²) >= 11 is -1.43. The number of fused-ring (bicyclic) bond motifs is 1. The number of ether oxygens (including phenoxy) is 1. The van der Waals surface area contributed by atoms with E-state index in [1.54, 1.807) is 6.07 Å². The first-order chi connectivity index (χ1) is 22.7. The fourth-order valence-electron chi connectivity index (χ4n) is 6.74. The molecule has 0 aliphatic carbocycles. The zero-order chi connectivity index (χ0) is 33.1. The first-order valence-corrected chi connectivity index (χ1v) is 17.4. The van der Waals surface area contributed by atoms with Crippen molar-refractivity contribution in [3.05, 3.63) is 135 Å². The quantitative estimate of drug-likeness (QED) is 0.173. The summed E-state index contributed by atoms with van der Waals surface area (Å²) in [7, 11) is 1.50. The lowest BCUT2D eigenvalue weighted by atomic mass is 9.96. The molecule has 0 amide bonds. The van der Waals surface area contributed by atoms with Crippen LogP contribution in [0.3, 0.4) is 0 Å². The Labute approximate surface area is 278 Å². The monoisotopic (exact) mass is 657 g/mol. The van der Waals surface area contributed by atoms with Crippen LogP contribution in [0, 0.1) is 11.6 Å². The summed E-state index contributed by atoms with van der Waals surface area (Å²) in [5.74, 6) is -0.0995. The van der Waals surface area contributed by atoms with Gasteiger partial charge in [0.1, 0.15) is 11.6 Å². The molecule has 0 spiro atoms. The second kappa shape index (κ2) is 14.6. The van der Waals surface area contributed by atoms with E-state index in [2.05, 4.69) is 28.5 Å². The molecule has 6 nitrogen and oxygen atoms in total. The van der Waals surface area contributed by atoms with Gasteiger partial charge in [0.05, 0.1) is 24.4 Å². The van der Waals surface area contributed by atoms with Crippen molar-refractivity contribution in [2.45, 2.75) is 42.5 Å². The van der Waals surface area contributed by atoms with Crippen molar-refractivity contribution in [2.75, 3.05) is 51.3 Å². The van der Waals surface area contributed by atoms with Crippen molar-refractivity contribution in [3.8, 4) is 5.75 Å². The molecule has 47 heavy (non-hydrogen) atoms. The number of benzene rings is 3. The van der Waals surface area contributed by atoms with E-state index in [1.807, 2.05) is 60.7 Å². The summed E-state index contributed by atoms with van der Waals surface area (Å²) in [6.45, 7) is 8.92. The predicted molar refractivity (Wildman–Crippen MR) is 184 cm³/mol. The van der Waals surface area contributed by atoms with Gasteiger partial charge in [-0.2, -0.15) is 0 Å². The highest BCUT2D eigenvalue weighted by atomic mass is 32.2. The van der Waals surface area contributed by atoms with E-state index in [9.17, 15) is 18.1 Å². The average molecular weight is 658 g/mol. The molecule has 2 unspecified atom stereocenters. The van der Waals surface area contributed by atoms with Gasteiger partial charge in [-0.3, -0.25) is 9.69 Å². The third-order valence-electron chi connectivity index (χ3n) is 9.29. The number of halogens is 2. The Kier molecular flexibility index (Phi) is 10.3. The minimum absolute atomic E-state index is 0.100. The van der Waals surface area contributed by atoms with E-state index in [0.717, 1.165) is 66.4 Å². The molecule has 9 heteroatoms. The summed E-state index contributed by atoms with van der Waals surface area (Å²) in [4.78, 5) is 21.4. The molecule has 1 fully saturated rings. The Morgan fingerprint density at radius 2 is 1.43 bits per heavy atom. The number of methoxy groups -OCH3 is 1. The van der Waals surface area contributed by atoms with Crippen LogP contribution in [0.15, 0.2) is 101 Å². The molecule has 2 atom stereocenters. The smallest absolute Gasteiger partial charge is 0.230 e. The van der Waals surface area contributed by atoms with Crippen molar-refractivity contribution in [2.24, 2.45) is 0 Å². The maximum atomic E-state index is 13.9. The second-order valence-electron chi connectivity index (χ2n) is 12.5. The lowest BCUT2D eigenvalue weighted by Crippen LogP contribution is -2.48. The number of para-hydroxylation sites is 1. The van der Waals surface area contributed by atoms with Crippen LogP contribution < -0.4 is 15.1 Å². The average Bonchev–Trinajstić information content (AvgIpc) is 3.23. The van der Waals surface area contributed by atoms with Gasteiger partial charge in [0.25, 0.3) is 0 Å². The number of rotatable bonds is 10. The topological polar surface area (TPSA) is 59.1 Å². The van der Waals surface area contributed by atoms with Gasteiger partial charge in [-0.15, -0.1) is 0 Å². The van der Waals surface area contributed by atoms with Gasteiger partial charge in [-0.25, -0.2) is 8.78 Å². The first kappa shape index (κ1) is 33.2. The van der Waals surface area contributed by atoms with Crippen LogP contribution in [0.2, 0.25) is 0 Å². The van der Waals surface area contributed by atoms with Gasteiger partial charge in [-0.1, -0.05) is 56.3 Å². The maximum absolute atomic E-state index is 13.9. The number of nitrogens with zero attached hydrogens (tertiary/aromatic N) is 3. The van der Waals surface area contributed by atoms with Gasteiger partial charge < -0.3 is 19.1 Å². The van der Waals surface area contributed by atoms with E-state index in [1.165, 1.54) is 31.4 Å². The van der Waals surface area contributed by atoms with Crippen molar-refractivity contribution in [1.29, 1.82) is 0 Å². The summed E-state index contributed by atoms with van der Waals surface area (Å²) in [6.07, 6.45) is 0.822. The summed E-state index contributed by atoms with van der Waals surface area (Å²) in [5.41, 5.74) is 4.08. The van der Waals surface area contributed by atoms with Crippen LogP contribution in [-0.4, -0.2) is 60.7 Å². The Morgan fingerprint density at radius 3 is 2.02 bits per heavy atom. The lowest BCUT2D eigenvalue weighted by Gasteiger charge is -2.40. The van der Waals surface area contributed by atoms with E-state index >= 15 is 0 Å². The molecule has 2 aliphatic rings. The molecule has 0 bridgehead atoms. The fourth-order valence-corrected chi connectivity index (χ4v) is 8.45. The maximum Gasteiger partial charge on any atom is 0.230 e. The fraction of sp³-hybridized carbons (Fsp3) is 0.342. The molecule has 246 valence electrons. The molecule has 1 saturated heterocycles. The number of piperazine rings is 1. The largest absolute Gasteiger partial charge is 0.609 e. The van der Waals surface area contributed by atoms with Gasteiger partial charge in [0, 0.05) is 43.9 Å². The van der Waals surface area contributed by atoms with Crippen molar-refractivity contribution in [1.82, 2.24) is 9.80 Å². The third kappa shape index (κ3) is 7.09. The molecule has 2 aliphatic heterocycles. The van der Waals surface area contributed by atoms with E-state index in [-0.39, 0.29) is 34.8 Å². The highest BCUT2D eigenvalue weighted by Gasteiger charge is 2.44. The highest BCUT2D eigenvalue weighted by molar-refractivity contribution is 7.92. The standard InChI is InChI=1S/C38H41F2N3O3S/c1-26(2)29-13-18-32(37(44)34(25-29)46-3)38-43(33-7-4-5-8-35(33)47(38)45)20-6-19-41-21-23-42(24-22-41)36(27-9-14-30(39)15-10-27)28-11-16-31(40)17-12-28/h4-5,7-18,25-26,36,38H,6,19-24H2,1-3H3. The number of anilines is 1. The van der Waals surface area contributed by atoms with Crippen LogP contribution in [-0.2, 0) is 11.2 Å². The lowest BCUT2D eigenvalue weighted by molar-refractivity contribution is 0.109. The van der Waals surface area contributed by atoms with Crippen LogP contribution in [0.5, 0.6) is 5.75 Å². The molecule has 0 N–H and O–H groups in total. The molecule has 4 aromatic carbocycles. The zero-order valence-corrected chi connectivity index (χ0v) is 27.9. The van der Waals surface area contributed by atoms with Gasteiger partial charge in [0.15, 0.2) is 10.6 Å². The highest BCUT2D eigenvalue weighted by Crippen LogP contribution is 2.45. The van der Waals surface area contributed by atoms with E-state index < -0.39 is 16.5 Å². The minimum Gasteiger partial charge on any atom is -0.609 e. The molecule has 0 radical (unpaired) electrons. The van der Waals surface area contributed by atoms with E-state index in [0.29, 0.717) is 12.1 Å². The summed E-state index contributed by atoms with van der Waals surface area (Å²) < 4.78 is 47.0. The molecule has 6 rings (SSSR count). The van der Waals surface area contributed by atoms with Crippen molar-refractivity contribution >= 4 is 16.9 Å². The second-order valence-corrected chi connectivity index (χ2v) is 14.0. The number of hydrogen-bond acceptors (Lipinski definition) is 6. The zero-order valence-electron chi connectivity index (χ0n) is 27.1. The normalized spacial score (nSPS) is 18.6. The Bertz CT molecular complexity index is 1680. The van der Waals surface area contributed by atoms with Crippen molar-refractivity contribution in [3.63, 3.8) is 0 Å². The van der Waals surface area contributed by atoms with Crippen molar-refractivity contribution < 1.29 is 18.1 Å². The van der Waals surface area contributed by atoms with Gasteiger partial charge in [0.2, 0.25) is 10.8 Å². The Hall–Kier alpha value is -3.76. The molecule has 0 saturated carbocycles. The van der Waals surface area contributed by atoms with Crippen LogP contribution in [0.1, 0.15) is 59.9 Å². The van der Waals surface area contributed by atoms with Gasteiger partial charge in [-0.05, 0) is 84.1 Å². The van der Waals surface area contributed by atoms with Crippen LogP contribution in [0.4, 0.5) is 14.5 Å². The molecular formula is C38H41F2N3O3S.